The minimum Gasteiger partial charge on any atom is -0.371 e. The highest BCUT2D eigenvalue weighted by atomic mass is 16.2. The number of likely N-dealkylation sites (tertiary alicyclic amines) is 2. The third-order valence-corrected chi connectivity index (χ3v) is 7.75. The molecule has 8 heteroatoms. The van der Waals surface area contributed by atoms with Crippen molar-refractivity contribution < 1.29 is 14.4 Å². The van der Waals surface area contributed by atoms with Crippen molar-refractivity contribution in [1.82, 2.24) is 15.1 Å². The van der Waals surface area contributed by atoms with E-state index in [4.69, 9.17) is 0 Å². The number of carbonyl (C=O) groups excluding carboxylic acids is 3. The van der Waals surface area contributed by atoms with Crippen molar-refractivity contribution in [3.05, 3.63) is 24.3 Å². The zero-order chi connectivity index (χ0) is 24.0. The summed E-state index contributed by atoms with van der Waals surface area (Å²) < 4.78 is 0. The molecular weight excluding hydrogens is 430 g/mol. The van der Waals surface area contributed by atoms with Crippen LogP contribution in [0, 0.1) is 5.41 Å². The van der Waals surface area contributed by atoms with E-state index in [0.29, 0.717) is 30.7 Å². The number of hydrogen-bond donors (Lipinski definition) is 1. The first kappa shape index (κ1) is 24.5. The highest BCUT2D eigenvalue weighted by molar-refractivity contribution is 5.92. The van der Waals surface area contributed by atoms with Crippen molar-refractivity contribution in [2.75, 3.05) is 69.2 Å². The third kappa shape index (κ3) is 5.71. The van der Waals surface area contributed by atoms with Crippen LogP contribution >= 0.6 is 0 Å². The summed E-state index contributed by atoms with van der Waals surface area (Å²) in [6, 6.07) is 7.86. The third-order valence-electron chi connectivity index (χ3n) is 7.75. The first-order valence-electron chi connectivity index (χ1n) is 12.8. The maximum Gasteiger partial charge on any atom is 0.321 e. The topological polar surface area (TPSA) is 76.2 Å². The minimum absolute atomic E-state index is 0.207. The predicted octanol–water partition coefficient (Wildman–Crippen LogP) is 2.73. The minimum atomic E-state index is -0.207. The molecule has 4 rings (SSSR count). The number of urea groups is 1. The lowest BCUT2D eigenvalue weighted by Crippen LogP contribution is -2.60. The van der Waals surface area contributed by atoms with E-state index >= 15 is 0 Å². The van der Waals surface area contributed by atoms with Gasteiger partial charge in [0.05, 0.1) is 0 Å². The summed E-state index contributed by atoms with van der Waals surface area (Å²) in [5.41, 5.74) is 2.39. The largest absolute Gasteiger partial charge is 0.371 e. The van der Waals surface area contributed by atoms with Crippen LogP contribution in [0.15, 0.2) is 24.3 Å². The number of piperidine rings is 2. The van der Waals surface area contributed by atoms with Gasteiger partial charge < -0.3 is 24.8 Å². The van der Waals surface area contributed by atoms with Crippen LogP contribution in [0.2, 0.25) is 0 Å². The van der Waals surface area contributed by atoms with E-state index in [0.717, 1.165) is 70.6 Å². The number of nitrogens with one attached hydrogen (secondary N) is 1. The van der Waals surface area contributed by atoms with Crippen molar-refractivity contribution in [1.29, 1.82) is 0 Å². The summed E-state index contributed by atoms with van der Waals surface area (Å²) in [6.45, 7) is 7.46. The standard InChI is InChI=1S/C26H39N5O3/c1-27-25(34)31(15-5-19-32)23-8-6-22(7-9-23)29-17-11-26(12-18-29)20-28(21-26)16-10-24(33)30-13-3-2-4-14-30/h6-9,19H,2-5,10-18,20-21H2,1H3,(H,27,34). The van der Waals surface area contributed by atoms with Gasteiger partial charge in [-0.2, -0.15) is 0 Å². The van der Waals surface area contributed by atoms with Crippen molar-refractivity contribution >= 4 is 29.6 Å². The Morgan fingerprint density at radius 3 is 2.32 bits per heavy atom. The zero-order valence-electron chi connectivity index (χ0n) is 20.5. The van der Waals surface area contributed by atoms with Crippen LogP contribution in [-0.4, -0.2) is 87.4 Å². The average molecular weight is 470 g/mol. The molecule has 3 heterocycles. The van der Waals surface area contributed by atoms with E-state index in [1.54, 1.807) is 11.9 Å². The van der Waals surface area contributed by atoms with E-state index < -0.39 is 0 Å². The molecule has 1 aromatic carbocycles. The lowest BCUT2D eigenvalue weighted by atomic mass is 9.72. The fraction of sp³-hybridized carbons (Fsp3) is 0.654. The normalized spacial score (nSPS) is 20.0. The van der Waals surface area contributed by atoms with Gasteiger partial charge in [-0.1, -0.05) is 0 Å². The number of rotatable bonds is 8. The first-order chi connectivity index (χ1) is 16.5. The van der Waals surface area contributed by atoms with Crippen LogP contribution in [0.5, 0.6) is 0 Å². The molecule has 3 saturated heterocycles. The molecule has 34 heavy (non-hydrogen) atoms. The SMILES string of the molecule is CNC(=O)N(CCC=O)c1ccc(N2CCC3(CC2)CN(CCC(=O)N2CCCCC2)C3)cc1. The summed E-state index contributed by atoms with van der Waals surface area (Å²) in [5, 5.41) is 2.64. The molecule has 8 nitrogen and oxygen atoms in total. The van der Waals surface area contributed by atoms with Crippen molar-refractivity contribution in [2.45, 2.75) is 44.9 Å². The molecule has 0 aromatic heterocycles. The molecule has 0 bridgehead atoms. The molecule has 1 aromatic rings. The van der Waals surface area contributed by atoms with Crippen molar-refractivity contribution in [2.24, 2.45) is 5.41 Å². The van der Waals surface area contributed by atoms with E-state index in [-0.39, 0.29) is 6.03 Å². The molecule has 186 valence electrons. The summed E-state index contributed by atoms with van der Waals surface area (Å²) in [5.74, 6) is 0.333. The number of anilines is 2. The van der Waals surface area contributed by atoms with Gasteiger partial charge in [0.1, 0.15) is 6.29 Å². The summed E-state index contributed by atoms with van der Waals surface area (Å²) in [7, 11) is 1.60. The smallest absolute Gasteiger partial charge is 0.321 e. The van der Waals surface area contributed by atoms with Crippen molar-refractivity contribution in [3.63, 3.8) is 0 Å². The quantitative estimate of drug-likeness (QED) is 0.593. The maximum atomic E-state index is 12.4. The van der Waals surface area contributed by atoms with Crippen molar-refractivity contribution in [3.8, 4) is 0 Å². The molecule has 0 atom stereocenters. The van der Waals surface area contributed by atoms with Crippen LogP contribution in [0.25, 0.3) is 0 Å². The molecule has 1 spiro atoms. The predicted molar refractivity (Wildman–Crippen MR) is 134 cm³/mol. The fourth-order valence-corrected chi connectivity index (χ4v) is 5.68. The lowest BCUT2D eigenvalue weighted by molar-refractivity contribution is -0.133. The number of amides is 3. The molecule has 1 N–H and O–H groups in total. The second-order valence-corrected chi connectivity index (χ2v) is 10.1. The Labute approximate surface area is 203 Å². The number of aldehydes is 1. The summed E-state index contributed by atoms with van der Waals surface area (Å²) in [6.07, 6.45) is 7.73. The highest BCUT2D eigenvalue weighted by Gasteiger charge is 2.44. The van der Waals surface area contributed by atoms with E-state index in [1.807, 2.05) is 12.1 Å². The number of nitrogens with zero attached hydrogens (tertiary/aromatic N) is 4. The summed E-state index contributed by atoms with van der Waals surface area (Å²) in [4.78, 5) is 43.9. The number of carbonyl (C=O) groups is 3. The molecule has 3 fully saturated rings. The zero-order valence-corrected chi connectivity index (χ0v) is 20.5. The Balaban J connectivity index is 1.22. The van der Waals surface area contributed by atoms with Gasteiger partial charge in [0.25, 0.3) is 0 Å². The van der Waals surface area contributed by atoms with Gasteiger partial charge in [0.2, 0.25) is 5.91 Å². The van der Waals surface area contributed by atoms with Gasteiger partial charge in [-0.15, -0.1) is 0 Å². The van der Waals surface area contributed by atoms with Crippen LogP contribution in [0.4, 0.5) is 16.2 Å². The maximum absolute atomic E-state index is 12.4. The monoisotopic (exact) mass is 469 g/mol. The molecule has 0 unspecified atom stereocenters. The van der Waals surface area contributed by atoms with Gasteiger partial charge >= 0.3 is 6.03 Å². The molecule has 0 saturated carbocycles. The van der Waals surface area contributed by atoms with E-state index in [1.165, 1.54) is 24.9 Å². The van der Waals surface area contributed by atoms with Gasteiger partial charge in [-0.25, -0.2) is 4.79 Å². The van der Waals surface area contributed by atoms with Gasteiger partial charge in [-0.05, 0) is 61.8 Å². The van der Waals surface area contributed by atoms with Crippen LogP contribution in [-0.2, 0) is 9.59 Å². The van der Waals surface area contributed by atoms with Gasteiger partial charge in [0, 0.05) is 83.6 Å². The van der Waals surface area contributed by atoms with Gasteiger partial charge in [0.15, 0.2) is 0 Å². The van der Waals surface area contributed by atoms with Gasteiger partial charge in [-0.3, -0.25) is 9.69 Å². The number of hydrogen-bond acceptors (Lipinski definition) is 5. The Kier molecular flexibility index (Phi) is 8.08. The molecule has 0 aliphatic carbocycles. The molecule has 3 amide bonds. The second kappa shape index (κ2) is 11.2. The second-order valence-electron chi connectivity index (χ2n) is 10.1. The van der Waals surface area contributed by atoms with Crippen LogP contribution in [0.3, 0.4) is 0 Å². The van der Waals surface area contributed by atoms with Crippen LogP contribution in [0.1, 0.15) is 44.9 Å². The Hall–Kier alpha value is -2.61. The Morgan fingerprint density at radius 1 is 1.03 bits per heavy atom. The number of benzene rings is 1. The fourth-order valence-electron chi connectivity index (χ4n) is 5.68. The lowest BCUT2D eigenvalue weighted by Gasteiger charge is -2.54. The average Bonchev–Trinajstić information content (AvgIpc) is 2.87. The van der Waals surface area contributed by atoms with Crippen LogP contribution < -0.4 is 15.1 Å². The first-order valence-corrected chi connectivity index (χ1v) is 12.8. The molecule has 3 aliphatic rings. The molecular formula is C26H39N5O3. The Bertz CT molecular complexity index is 836. The van der Waals surface area contributed by atoms with E-state index in [2.05, 4.69) is 32.1 Å². The van der Waals surface area contributed by atoms with E-state index in [9.17, 15) is 14.4 Å². The summed E-state index contributed by atoms with van der Waals surface area (Å²) >= 11 is 0. The Morgan fingerprint density at radius 2 is 1.71 bits per heavy atom. The highest BCUT2D eigenvalue weighted by Crippen LogP contribution is 2.41. The molecule has 3 aliphatic heterocycles. The molecule has 0 radical (unpaired) electrons.